The van der Waals surface area contributed by atoms with E-state index in [0.717, 1.165) is 0 Å². The molecule has 15 heteroatoms. The second kappa shape index (κ2) is 9.85. The number of H-pyrrole nitrogens is 1. The van der Waals surface area contributed by atoms with Gasteiger partial charge in [0, 0.05) is 29.9 Å². The predicted octanol–water partition coefficient (Wildman–Crippen LogP) is 4.60. The Morgan fingerprint density at radius 1 is 1.37 bits per heavy atom. The minimum Gasteiger partial charge on any atom is -0.443 e. The summed E-state index contributed by atoms with van der Waals surface area (Å²) in [4.78, 5) is 20.0. The number of alkyl halides is 4. The Hall–Kier alpha value is -3.13. The lowest BCUT2D eigenvalue weighted by Crippen LogP contribution is -2.35. The van der Waals surface area contributed by atoms with Crippen molar-refractivity contribution in [3.8, 4) is 0 Å². The summed E-state index contributed by atoms with van der Waals surface area (Å²) in [6.07, 6.45) is -4.63. The van der Waals surface area contributed by atoms with Gasteiger partial charge in [0.05, 0.1) is 18.5 Å². The molecule has 35 heavy (non-hydrogen) atoms. The molecule has 1 saturated carbocycles. The number of rotatable bonds is 7. The molecule has 0 aromatic carbocycles. The Kier molecular flexibility index (Phi) is 7.03. The van der Waals surface area contributed by atoms with Crippen LogP contribution in [0.3, 0.4) is 0 Å². The van der Waals surface area contributed by atoms with Gasteiger partial charge >= 0.3 is 12.5 Å². The average molecular weight is 520 g/mol. The van der Waals surface area contributed by atoms with Crippen molar-refractivity contribution in [2.24, 2.45) is 0 Å². The van der Waals surface area contributed by atoms with E-state index in [9.17, 15) is 22.4 Å². The highest BCUT2D eigenvalue weighted by Crippen LogP contribution is 2.38. The molecule has 0 radical (unpaired) electrons. The fourth-order valence-corrected chi connectivity index (χ4v) is 3.95. The highest BCUT2D eigenvalue weighted by atomic mass is 35.5. The molecule has 4 rings (SSSR count). The van der Waals surface area contributed by atoms with Crippen LogP contribution in [0.4, 0.5) is 34.1 Å². The number of alkyl carbamates (subject to hydrolysis) is 1. The van der Waals surface area contributed by atoms with Crippen LogP contribution in [0.2, 0.25) is 5.02 Å². The van der Waals surface area contributed by atoms with Crippen molar-refractivity contribution in [3.63, 3.8) is 0 Å². The van der Waals surface area contributed by atoms with Crippen LogP contribution in [0, 0.1) is 0 Å². The monoisotopic (exact) mass is 519 g/mol. The topological polar surface area (TPSA) is 118 Å². The van der Waals surface area contributed by atoms with Gasteiger partial charge < -0.3 is 15.4 Å². The molecule has 0 bridgehead atoms. The summed E-state index contributed by atoms with van der Waals surface area (Å²) in [5, 5.41) is 12.6. The van der Waals surface area contributed by atoms with Crippen LogP contribution < -0.4 is 10.6 Å². The number of aromatic amines is 1. The van der Waals surface area contributed by atoms with E-state index in [2.05, 4.69) is 35.5 Å². The number of anilines is 2. The van der Waals surface area contributed by atoms with Crippen molar-refractivity contribution in [1.82, 2.24) is 29.9 Å². The fraction of sp³-hybridized carbons (Fsp3) is 0.500. The summed E-state index contributed by atoms with van der Waals surface area (Å²) in [6.45, 7) is 2.75. The van der Waals surface area contributed by atoms with Gasteiger partial charge in [0.15, 0.2) is 11.5 Å². The normalized spacial score (nSPS) is 20.5. The summed E-state index contributed by atoms with van der Waals surface area (Å²) in [6, 6.07) is 1.52. The van der Waals surface area contributed by atoms with Gasteiger partial charge in [-0.1, -0.05) is 11.6 Å². The largest absolute Gasteiger partial charge is 0.522 e. The first-order chi connectivity index (χ1) is 16.5. The lowest BCUT2D eigenvalue weighted by atomic mass is 10.0. The van der Waals surface area contributed by atoms with Crippen LogP contribution in [-0.4, -0.2) is 55.3 Å². The maximum Gasteiger partial charge on any atom is 0.522 e. The number of hydrogen-bond acceptors (Lipinski definition) is 7. The van der Waals surface area contributed by atoms with Gasteiger partial charge in [0.25, 0.3) is 0 Å². The minimum atomic E-state index is -4.80. The summed E-state index contributed by atoms with van der Waals surface area (Å²) in [7, 11) is 0. The highest BCUT2D eigenvalue weighted by molar-refractivity contribution is 6.33. The number of fused-ring (bicyclic) bond motifs is 1. The molecule has 0 saturated heterocycles. The molecular formula is C20H22ClF4N7O3. The van der Waals surface area contributed by atoms with Gasteiger partial charge in [-0.25, -0.2) is 19.2 Å². The van der Waals surface area contributed by atoms with Crippen molar-refractivity contribution in [1.29, 1.82) is 0 Å². The molecule has 1 aliphatic rings. The molecular weight excluding hydrogens is 498 g/mol. The van der Waals surface area contributed by atoms with Crippen LogP contribution >= 0.6 is 11.6 Å². The Morgan fingerprint density at radius 2 is 2.14 bits per heavy atom. The Labute approximate surface area is 201 Å². The van der Waals surface area contributed by atoms with Gasteiger partial charge in [-0.05, 0) is 26.7 Å². The van der Waals surface area contributed by atoms with Crippen molar-refractivity contribution < 1.29 is 31.8 Å². The molecule has 3 N–H and O–H groups in total. The molecule has 3 heterocycles. The van der Waals surface area contributed by atoms with Gasteiger partial charge in [0.2, 0.25) is 5.95 Å². The van der Waals surface area contributed by atoms with E-state index < -0.39 is 31.3 Å². The number of ether oxygens (including phenoxy) is 2. The number of imidazole rings is 1. The fourth-order valence-electron chi connectivity index (χ4n) is 3.77. The third-order valence-electron chi connectivity index (χ3n) is 5.25. The van der Waals surface area contributed by atoms with E-state index in [1.54, 1.807) is 19.9 Å². The number of amides is 1. The standard InChI is InChI=1S/C20H22ClF4N7O3/c1-9(2)27-19(33)35-15-4-10(3-13(15)22)14-5-16(31-30-14)29-18-26-6-12(21)17-28-11(7-32(17)18)8-34-20(23,24)25/h5-7,9-10,13,15H,3-4,8H2,1-2H3,(H,27,33)(H2,26,29,30,31)/t10-,13+,15-/m0/s1. The first-order valence-corrected chi connectivity index (χ1v) is 11.0. The lowest BCUT2D eigenvalue weighted by Gasteiger charge is -2.16. The zero-order chi connectivity index (χ0) is 25.3. The number of carbonyl (C=O) groups excluding carboxylic acids is 1. The number of nitrogens with zero attached hydrogens (tertiary/aromatic N) is 4. The van der Waals surface area contributed by atoms with Crippen molar-refractivity contribution in [3.05, 3.63) is 34.9 Å². The number of aromatic nitrogens is 5. The third kappa shape index (κ3) is 6.11. The first kappa shape index (κ1) is 25.0. The van der Waals surface area contributed by atoms with E-state index in [1.165, 1.54) is 16.8 Å². The van der Waals surface area contributed by atoms with E-state index in [4.69, 9.17) is 16.3 Å². The van der Waals surface area contributed by atoms with Crippen molar-refractivity contribution >= 4 is 35.1 Å². The Balaban J connectivity index is 1.45. The smallest absolute Gasteiger partial charge is 0.443 e. The maximum atomic E-state index is 14.5. The molecule has 1 fully saturated rings. The van der Waals surface area contributed by atoms with Crippen LogP contribution in [0.1, 0.15) is 44.0 Å². The van der Waals surface area contributed by atoms with E-state index in [0.29, 0.717) is 11.5 Å². The number of carbonyl (C=O) groups is 1. The molecule has 0 spiro atoms. The number of nitrogens with one attached hydrogen (secondary N) is 3. The number of halogens is 5. The minimum absolute atomic E-state index is 0.00418. The second-order valence-corrected chi connectivity index (χ2v) is 8.76. The first-order valence-electron chi connectivity index (χ1n) is 10.6. The van der Waals surface area contributed by atoms with Gasteiger partial charge in [-0.2, -0.15) is 5.10 Å². The molecule has 0 unspecified atom stereocenters. The molecule has 3 aromatic rings. The SMILES string of the molecule is CC(C)NC(=O)O[C@H]1C[C@@H](c2cc(Nc3ncc(Cl)c4nc(COC(F)(F)F)cn34)n[nH]2)C[C@H]1F. The number of hydrogen-bond donors (Lipinski definition) is 3. The molecule has 3 atom stereocenters. The maximum absolute atomic E-state index is 14.5. The Bertz CT molecular complexity index is 1200. The zero-order valence-corrected chi connectivity index (χ0v) is 19.3. The summed E-state index contributed by atoms with van der Waals surface area (Å²) >= 11 is 6.08. The van der Waals surface area contributed by atoms with E-state index >= 15 is 0 Å². The summed E-state index contributed by atoms with van der Waals surface area (Å²) in [5.41, 5.74) is 0.799. The molecule has 1 amide bonds. The van der Waals surface area contributed by atoms with Crippen LogP contribution in [0.15, 0.2) is 18.5 Å². The average Bonchev–Trinajstić information content (AvgIpc) is 3.47. The molecule has 10 nitrogen and oxygen atoms in total. The quantitative estimate of drug-likeness (QED) is 0.390. The van der Waals surface area contributed by atoms with Crippen LogP contribution in [0.5, 0.6) is 0 Å². The van der Waals surface area contributed by atoms with Crippen molar-refractivity contribution in [2.75, 3.05) is 5.32 Å². The van der Waals surface area contributed by atoms with Gasteiger partial charge in [-0.15, -0.1) is 13.2 Å². The van der Waals surface area contributed by atoms with Gasteiger partial charge in [0.1, 0.15) is 17.3 Å². The molecule has 190 valence electrons. The van der Waals surface area contributed by atoms with Crippen LogP contribution in [0.25, 0.3) is 5.65 Å². The van der Waals surface area contributed by atoms with E-state index in [-0.39, 0.29) is 47.1 Å². The summed E-state index contributed by atoms with van der Waals surface area (Å²) in [5.74, 6) is 0.257. The summed E-state index contributed by atoms with van der Waals surface area (Å²) < 4.78 is 61.9. The predicted molar refractivity (Wildman–Crippen MR) is 116 cm³/mol. The molecule has 1 aliphatic carbocycles. The van der Waals surface area contributed by atoms with Gasteiger partial charge in [-0.3, -0.25) is 14.2 Å². The second-order valence-electron chi connectivity index (χ2n) is 8.35. The third-order valence-corrected chi connectivity index (χ3v) is 5.52. The van der Waals surface area contributed by atoms with Crippen LogP contribution in [-0.2, 0) is 16.1 Å². The molecule has 0 aliphatic heterocycles. The highest BCUT2D eigenvalue weighted by Gasteiger charge is 2.39. The molecule has 3 aromatic heterocycles. The van der Waals surface area contributed by atoms with Crippen molar-refractivity contribution in [2.45, 2.75) is 63.9 Å². The van der Waals surface area contributed by atoms with E-state index in [1.807, 2.05) is 0 Å². The Morgan fingerprint density at radius 3 is 2.86 bits per heavy atom. The lowest BCUT2D eigenvalue weighted by molar-refractivity contribution is -0.330. The zero-order valence-electron chi connectivity index (χ0n) is 18.6.